The molecule has 0 saturated carbocycles. The van der Waals surface area contributed by atoms with Crippen molar-refractivity contribution in [1.29, 1.82) is 0 Å². The van der Waals surface area contributed by atoms with Gasteiger partial charge < -0.3 is 15.0 Å². The summed E-state index contributed by atoms with van der Waals surface area (Å²) in [6.07, 6.45) is 0.382. The summed E-state index contributed by atoms with van der Waals surface area (Å²) in [5.74, 6) is 0.0850. The highest BCUT2D eigenvalue weighted by molar-refractivity contribution is 6.30. The molecule has 0 aromatic heterocycles. The number of amides is 2. The van der Waals surface area contributed by atoms with Crippen molar-refractivity contribution in [3.63, 3.8) is 0 Å². The molecule has 0 fully saturated rings. The van der Waals surface area contributed by atoms with Gasteiger partial charge in [-0.05, 0) is 46.4 Å². The van der Waals surface area contributed by atoms with E-state index in [2.05, 4.69) is 26.1 Å². The zero-order valence-corrected chi connectivity index (χ0v) is 21.5. The fraction of sp³-hybridized carbons (Fsp3) is 0.310. The lowest BCUT2D eigenvalue weighted by molar-refractivity contribution is -0.142. The molecular formula is C29H33ClN2O3. The zero-order chi connectivity index (χ0) is 25.4. The third-order valence-electron chi connectivity index (χ3n) is 5.84. The highest BCUT2D eigenvalue weighted by Crippen LogP contribution is 2.24. The highest BCUT2D eigenvalue weighted by atomic mass is 35.5. The molecule has 0 spiro atoms. The van der Waals surface area contributed by atoms with Crippen molar-refractivity contribution < 1.29 is 14.3 Å². The summed E-state index contributed by atoms with van der Waals surface area (Å²) >= 11 is 6.19. The number of nitrogens with one attached hydrogen (secondary N) is 1. The van der Waals surface area contributed by atoms with Crippen molar-refractivity contribution in [1.82, 2.24) is 10.2 Å². The van der Waals surface area contributed by atoms with Gasteiger partial charge in [0.1, 0.15) is 11.8 Å². The van der Waals surface area contributed by atoms with E-state index in [1.807, 2.05) is 66.7 Å². The van der Waals surface area contributed by atoms with E-state index < -0.39 is 6.04 Å². The van der Waals surface area contributed by atoms with Crippen molar-refractivity contribution >= 4 is 23.4 Å². The van der Waals surface area contributed by atoms with Crippen LogP contribution in [0.2, 0.25) is 5.02 Å². The fourth-order valence-electron chi connectivity index (χ4n) is 3.83. The van der Waals surface area contributed by atoms with Crippen molar-refractivity contribution in [3.05, 3.63) is 101 Å². The van der Waals surface area contributed by atoms with Crippen LogP contribution in [0, 0.1) is 0 Å². The number of benzene rings is 3. The van der Waals surface area contributed by atoms with Gasteiger partial charge in [0, 0.05) is 25.0 Å². The SMILES string of the molecule is CNC(=O)[C@H](Cc1ccccc1)N(Cc1cccc(Cl)c1)C(=O)COc1ccc(C(C)(C)C)cc1. The van der Waals surface area contributed by atoms with Crippen LogP contribution in [-0.2, 0) is 28.0 Å². The standard InChI is InChI=1S/C29H33ClN2O3/c1-29(2,3)23-13-15-25(16-14-23)35-20-27(33)32(19-22-11-8-12-24(30)17-22)26(28(34)31-4)18-21-9-6-5-7-10-21/h5-17,26H,18-20H2,1-4H3,(H,31,34)/t26-/m0/s1. The van der Waals surface area contributed by atoms with Gasteiger partial charge in [0.2, 0.25) is 5.91 Å². The first-order chi connectivity index (χ1) is 16.7. The Hall–Kier alpha value is -3.31. The van der Waals surface area contributed by atoms with Gasteiger partial charge in [-0.15, -0.1) is 0 Å². The Morgan fingerprint density at radius 1 is 0.943 bits per heavy atom. The summed E-state index contributed by atoms with van der Waals surface area (Å²) in [5.41, 5.74) is 3.01. The van der Waals surface area contributed by atoms with Gasteiger partial charge in [-0.3, -0.25) is 9.59 Å². The maximum Gasteiger partial charge on any atom is 0.261 e. The van der Waals surface area contributed by atoms with E-state index >= 15 is 0 Å². The van der Waals surface area contributed by atoms with E-state index in [1.165, 1.54) is 5.56 Å². The predicted octanol–water partition coefficient (Wildman–Crippen LogP) is 5.40. The number of carbonyl (C=O) groups excluding carboxylic acids is 2. The van der Waals surface area contributed by atoms with Gasteiger partial charge >= 0.3 is 0 Å². The lowest BCUT2D eigenvalue weighted by Gasteiger charge is -2.31. The van der Waals surface area contributed by atoms with Crippen LogP contribution in [0.25, 0.3) is 0 Å². The van der Waals surface area contributed by atoms with E-state index in [-0.39, 0.29) is 30.4 Å². The van der Waals surface area contributed by atoms with Crippen LogP contribution in [0.4, 0.5) is 0 Å². The number of hydrogen-bond acceptors (Lipinski definition) is 3. The lowest BCUT2D eigenvalue weighted by Crippen LogP contribution is -2.51. The number of ether oxygens (including phenoxy) is 1. The van der Waals surface area contributed by atoms with Crippen LogP contribution < -0.4 is 10.1 Å². The number of rotatable bonds is 9. The first-order valence-corrected chi connectivity index (χ1v) is 12.1. The molecule has 0 heterocycles. The summed E-state index contributed by atoms with van der Waals surface area (Å²) in [4.78, 5) is 28.0. The second-order valence-electron chi connectivity index (χ2n) is 9.53. The molecule has 0 unspecified atom stereocenters. The van der Waals surface area contributed by atoms with E-state index in [4.69, 9.17) is 16.3 Å². The summed E-state index contributed by atoms with van der Waals surface area (Å²) in [6.45, 7) is 6.48. The van der Waals surface area contributed by atoms with Crippen LogP contribution in [0.5, 0.6) is 5.75 Å². The molecule has 0 aliphatic heterocycles. The molecule has 0 aliphatic carbocycles. The maximum absolute atomic E-state index is 13.5. The van der Waals surface area contributed by atoms with E-state index in [9.17, 15) is 9.59 Å². The van der Waals surface area contributed by atoms with Gasteiger partial charge in [0.25, 0.3) is 5.91 Å². The molecule has 3 rings (SSSR count). The molecule has 2 amide bonds. The molecule has 3 aromatic rings. The van der Waals surface area contributed by atoms with Gasteiger partial charge in [-0.2, -0.15) is 0 Å². The van der Waals surface area contributed by atoms with Gasteiger partial charge in [-0.1, -0.05) is 87.0 Å². The minimum atomic E-state index is -0.708. The Morgan fingerprint density at radius 2 is 1.60 bits per heavy atom. The summed E-state index contributed by atoms with van der Waals surface area (Å²) in [5, 5.41) is 3.29. The Bertz CT molecular complexity index is 1120. The highest BCUT2D eigenvalue weighted by Gasteiger charge is 2.30. The minimum absolute atomic E-state index is 0.0281. The van der Waals surface area contributed by atoms with Crippen molar-refractivity contribution in [2.45, 2.75) is 45.2 Å². The average molecular weight is 493 g/mol. The quantitative estimate of drug-likeness (QED) is 0.435. The Labute approximate surface area is 213 Å². The fourth-order valence-corrected chi connectivity index (χ4v) is 4.04. The molecule has 1 N–H and O–H groups in total. The third kappa shape index (κ3) is 7.59. The third-order valence-corrected chi connectivity index (χ3v) is 6.08. The van der Waals surface area contributed by atoms with E-state index in [0.717, 1.165) is 11.1 Å². The monoisotopic (exact) mass is 492 g/mol. The van der Waals surface area contributed by atoms with Crippen LogP contribution >= 0.6 is 11.6 Å². The molecule has 0 saturated heterocycles. The van der Waals surface area contributed by atoms with E-state index in [1.54, 1.807) is 24.1 Å². The molecule has 0 bridgehead atoms. The van der Waals surface area contributed by atoms with Crippen molar-refractivity contribution in [2.24, 2.45) is 0 Å². The second-order valence-corrected chi connectivity index (χ2v) is 9.97. The van der Waals surface area contributed by atoms with Crippen LogP contribution in [0.15, 0.2) is 78.9 Å². The lowest BCUT2D eigenvalue weighted by atomic mass is 9.87. The number of likely N-dealkylation sites (N-methyl/N-ethyl adjacent to an activating group) is 1. The number of nitrogens with zero attached hydrogens (tertiary/aromatic N) is 1. The topological polar surface area (TPSA) is 58.6 Å². The first kappa shape index (κ1) is 26.3. The summed E-state index contributed by atoms with van der Waals surface area (Å²) < 4.78 is 5.84. The first-order valence-electron chi connectivity index (χ1n) is 11.7. The molecule has 6 heteroatoms. The Balaban J connectivity index is 1.84. The maximum atomic E-state index is 13.5. The van der Waals surface area contributed by atoms with Crippen molar-refractivity contribution in [2.75, 3.05) is 13.7 Å². The van der Waals surface area contributed by atoms with Gasteiger partial charge in [-0.25, -0.2) is 0 Å². The molecule has 0 aliphatic rings. The molecule has 3 aromatic carbocycles. The average Bonchev–Trinajstić information content (AvgIpc) is 2.84. The van der Waals surface area contributed by atoms with Gasteiger partial charge in [0.15, 0.2) is 6.61 Å². The summed E-state index contributed by atoms with van der Waals surface area (Å²) in [7, 11) is 1.58. The zero-order valence-electron chi connectivity index (χ0n) is 20.8. The molecule has 0 radical (unpaired) electrons. The number of carbonyl (C=O) groups is 2. The molecule has 5 nitrogen and oxygen atoms in total. The van der Waals surface area contributed by atoms with Crippen LogP contribution in [0.3, 0.4) is 0 Å². The largest absolute Gasteiger partial charge is 0.484 e. The molecular weight excluding hydrogens is 460 g/mol. The minimum Gasteiger partial charge on any atom is -0.484 e. The Kier molecular flexibility index (Phi) is 8.94. The Morgan fingerprint density at radius 3 is 2.20 bits per heavy atom. The van der Waals surface area contributed by atoms with Gasteiger partial charge in [0.05, 0.1) is 0 Å². The van der Waals surface area contributed by atoms with Crippen LogP contribution in [-0.4, -0.2) is 36.4 Å². The van der Waals surface area contributed by atoms with Crippen LogP contribution in [0.1, 0.15) is 37.5 Å². The molecule has 35 heavy (non-hydrogen) atoms. The molecule has 1 atom stereocenters. The second kappa shape index (κ2) is 11.9. The van der Waals surface area contributed by atoms with E-state index in [0.29, 0.717) is 17.2 Å². The normalized spacial score (nSPS) is 12.0. The smallest absolute Gasteiger partial charge is 0.261 e. The predicted molar refractivity (Wildman–Crippen MR) is 141 cm³/mol. The summed E-state index contributed by atoms with van der Waals surface area (Å²) in [6, 6.07) is 24.0. The number of hydrogen-bond donors (Lipinski definition) is 1. The van der Waals surface area contributed by atoms with Crippen molar-refractivity contribution in [3.8, 4) is 5.75 Å². The molecule has 184 valence electrons. The number of halogens is 1.